The molecule has 9 nitrogen and oxygen atoms in total. The second-order valence-corrected chi connectivity index (χ2v) is 11.4. The number of H-pyrrole nitrogens is 1. The number of fused-ring (bicyclic) bond motifs is 3. The lowest BCUT2D eigenvalue weighted by atomic mass is 9.85. The summed E-state index contributed by atoms with van der Waals surface area (Å²) in [6, 6.07) is 17.9. The lowest BCUT2D eigenvalue weighted by molar-refractivity contribution is -0.138. The number of aromatic nitrogens is 2. The van der Waals surface area contributed by atoms with E-state index in [0.29, 0.717) is 31.0 Å². The van der Waals surface area contributed by atoms with E-state index in [9.17, 15) is 14.4 Å². The molecule has 2 aromatic carbocycles. The van der Waals surface area contributed by atoms with Gasteiger partial charge in [0.15, 0.2) is 17.8 Å². The molecule has 2 aliphatic rings. The third-order valence-corrected chi connectivity index (χ3v) is 7.75. The van der Waals surface area contributed by atoms with E-state index in [1.807, 2.05) is 80.3 Å². The van der Waals surface area contributed by atoms with E-state index in [1.165, 1.54) is 6.39 Å². The van der Waals surface area contributed by atoms with Gasteiger partial charge >= 0.3 is 0 Å². The number of nitrogens with zero attached hydrogens (tertiary/aromatic N) is 3. The number of para-hydroxylation sites is 1. The highest BCUT2D eigenvalue weighted by molar-refractivity contribution is 6.01. The third-order valence-electron chi connectivity index (χ3n) is 7.75. The maximum absolute atomic E-state index is 13.8. The van der Waals surface area contributed by atoms with E-state index in [2.05, 4.69) is 15.3 Å². The molecule has 4 heterocycles. The molecule has 2 bridgehead atoms. The summed E-state index contributed by atoms with van der Waals surface area (Å²) in [5.74, 6) is -0.191. The average molecular weight is 526 g/mol. The molecule has 0 radical (unpaired) electrons. The number of rotatable bonds is 5. The highest BCUT2D eigenvalue weighted by Crippen LogP contribution is 2.35. The van der Waals surface area contributed by atoms with E-state index >= 15 is 0 Å². The van der Waals surface area contributed by atoms with Crippen molar-refractivity contribution in [3.05, 3.63) is 78.4 Å². The van der Waals surface area contributed by atoms with Crippen LogP contribution in [0.3, 0.4) is 0 Å². The Morgan fingerprint density at radius 3 is 2.38 bits per heavy atom. The molecule has 2 aliphatic heterocycles. The zero-order chi connectivity index (χ0) is 27.3. The molecule has 4 aromatic rings. The number of carbonyl (C=O) groups excluding carboxylic acids is 3. The minimum atomic E-state index is -0.722. The van der Waals surface area contributed by atoms with Crippen molar-refractivity contribution in [3.63, 3.8) is 0 Å². The van der Waals surface area contributed by atoms with Gasteiger partial charge < -0.3 is 24.5 Å². The smallest absolute Gasteiger partial charge is 0.276 e. The summed E-state index contributed by atoms with van der Waals surface area (Å²) < 4.78 is 5.57. The van der Waals surface area contributed by atoms with E-state index in [1.54, 1.807) is 11.0 Å². The Morgan fingerprint density at radius 1 is 1.00 bits per heavy atom. The molecule has 2 aromatic heterocycles. The molecule has 39 heavy (non-hydrogen) atoms. The van der Waals surface area contributed by atoms with Crippen LogP contribution in [0.4, 0.5) is 0 Å². The van der Waals surface area contributed by atoms with Gasteiger partial charge in [0.25, 0.3) is 11.8 Å². The van der Waals surface area contributed by atoms with Crippen molar-refractivity contribution in [1.29, 1.82) is 0 Å². The first-order valence-electron chi connectivity index (χ1n) is 13.2. The zero-order valence-electron chi connectivity index (χ0n) is 22.2. The second-order valence-electron chi connectivity index (χ2n) is 11.4. The molecule has 9 heteroatoms. The minimum Gasteiger partial charge on any atom is -0.443 e. The standard InChI is InChI=1S/C30H31N5O4/c1-30(2,3)26(33-27(36)23-13-19-11-7-8-12-22(19)32-23)29(38)35-16-20-14-21(35)15-34(20)28(37)24-25(39-17-31-24)18-9-5-4-6-10-18/h4-13,17,20-21,26,32H,14-16H2,1-3H3,(H,33,36)/t20-,21?,26+/m0/s1. The van der Waals surface area contributed by atoms with Gasteiger partial charge in [-0.2, -0.15) is 0 Å². The zero-order valence-corrected chi connectivity index (χ0v) is 22.2. The summed E-state index contributed by atoms with van der Waals surface area (Å²) in [6.07, 6.45) is 1.99. The van der Waals surface area contributed by atoms with Gasteiger partial charge in [0.05, 0.1) is 12.1 Å². The number of carbonyl (C=O) groups is 3. The molecule has 0 spiro atoms. The Morgan fingerprint density at radius 2 is 1.69 bits per heavy atom. The summed E-state index contributed by atoms with van der Waals surface area (Å²) in [7, 11) is 0. The lowest BCUT2D eigenvalue weighted by Crippen LogP contribution is -2.59. The maximum atomic E-state index is 13.8. The fourth-order valence-electron chi connectivity index (χ4n) is 5.73. The topological polar surface area (TPSA) is 112 Å². The van der Waals surface area contributed by atoms with Crippen molar-refractivity contribution < 1.29 is 18.8 Å². The van der Waals surface area contributed by atoms with Gasteiger partial charge in [0.1, 0.15) is 11.7 Å². The average Bonchev–Trinajstić information content (AvgIpc) is 3.73. The predicted octanol–water partition coefficient (Wildman–Crippen LogP) is 4.09. The van der Waals surface area contributed by atoms with Crippen LogP contribution in [-0.2, 0) is 4.79 Å². The SMILES string of the molecule is CC(C)(C)[C@H](NC(=O)c1cc2ccccc2[nH]1)C(=O)N1C[C@@H]2CC1CN2C(=O)c1ncoc1-c1ccccc1. The van der Waals surface area contributed by atoms with Crippen molar-refractivity contribution in [2.45, 2.75) is 45.3 Å². The van der Waals surface area contributed by atoms with Crippen LogP contribution in [0, 0.1) is 5.41 Å². The number of aromatic amines is 1. The number of nitrogens with one attached hydrogen (secondary N) is 2. The Balaban J connectivity index is 1.17. The monoisotopic (exact) mass is 525 g/mol. The molecule has 1 unspecified atom stereocenters. The molecule has 6 rings (SSSR count). The largest absolute Gasteiger partial charge is 0.443 e. The van der Waals surface area contributed by atoms with Crippen LogP contribution < -0.4 is 5.32 Å². The molecule has 2 fully saturated rings. The summed E-state index contributed by atoms with van der Waals surface area (Å²) in [5, 5.41) is 3.92. The molecule has 2 N–H and O–H groups in total. The van der Waals surface area contributed by atoms with Gasteiger partial charge in [-0.05, 0) is 24.0 Å². The molecule has 2 saturated heterocycles. The van der Waals surface area contributed by atoms with Gasteiger partial charge in [-0.3, -0.25) is 14.4 Å². The highest BCUT2D eigenvalue weighted by Gasteiger charge is 2.50. The Kier molecular flexibility index (Phi) is 6.01. The summed E-state index contributed by atoms with van der Waals surface area (Å²) >= 11 is 0. The Hall–Kier alpha value is -4.40. The van der Waals surface area contributed by atoms with E-state index in [0.717, 1.165) is 16.5 Å². The molecule has 3 atom stereocenters. The van der Waals surface area contributed by atoms with Gasteiger partial charge in [-0.1, -0.05) is 69.3 Å². The van der Waals surface area contributed by atoms with Crippen molar-refractivity contribution in [1.82, 2.24) is 25.1 Å². The van der Waals surface area contributed by atoms with E-state index in [-0.39, 0.29) is 35.5 Å². The molecule has 3 amide bonds. The maximum Gasteiger partial charge on any atom is 0.276 e. The number of piperazine rings is 1. The summed E-state index contributed by atoms with van der Waals surface area (Å²) in [6.45, 7) is 6.68. The van der Waals surface area contributed by atoms with Crippen LogP contribution in [0.15, 0.2) is 71.5 Å². The normalized spacial score (nSPS) is 19.5. The van der Waals surface area contributed by atoms with Gasteiger partial charge in [-0.25, -0.2) is 4.98 Å². The van der Waals surface area contributed by atoms with Crippen molar-refractivity contribution in [2.75, 3.05) is 13.1 Å². The fraction of sp³-hybridized carbons (Fsp3) is 0.333. The number of hydrogen-bond donors (Lipinski definition) is 2. The summed E-state index contributed by atoms with van der Waals surface area (Å²) in [5.41, 5.74) is 1.84. The number of likely N-dealkylation sites (tertiary alicyclic amines) is 2. The molecular weight excluding hydrogens is 494 g/mol. The van der Waals surface area contributed by atoms with Crippen molar-refractivity contribution in [3.8, 4) is 11.3 Å². The number of oxazole rings is 1. The predicted molar refractivity (Wildman–Crippen MR) is 146 cm³/mol. The molecule has 200 valence electrons. The first-order chi connectivity index (χ1) is 18.7. The van der Waals surface area contributed by atoms with Crippen LogP contribution in [0.25, 0.3) is 22.2 Å². The van der Waals surface area contributed by atoms with E-state index in [4.69, 9.17) is 4.42 Å². The van der Waals surface area contributed by atoms with Crippen molar-refractivity contribution >= 4 is 28.6 Å². The first-order valence-corrected chi connectivity index (χ1v) is 13.2. The van der Waals surface area contributed by atoms with Gasteiger partial charge in [0.2, 0.25) is 5.91 Å². The second kappa shape index (κ2) is 9.41. The third kappa shape index (κ3) is 4.47. The Labute approximate surface area is 226 Å². The Bertz CT molecular complexity index is 1520. The van der Waals surface area contributed by atoms with Crippen LogP contribution in [-0.4, -0.2) is 68.7 Å². The first kappa shape index (κ1) is 24.9. The molecular formula is C30H31N5O4. The van der Waals surface area contributed by atoms with Gasteiger partial charge in [-0.15, -0.1) is 0 Å². The van der Waals surface area contributed by atoms with Crippen molar-refractivity contribution in [2.24, 2.45) is 5.41 Å². The quantitative estimate of drug-likeness (QED) is 0.408. The van der Waals surface area contributed by atoms with Crippen LogP contribution in [0.1, 0.15) is 48.2 Å². The fourth-order valence-corrected chi connectivity index (χ4v) is 5.73. The van der Waals surface area contributed by atoms with Crippen LogP contribution >= 0.6 is 0 Å². The lowest BCUT2D eigenvalue weighted by Gasteiger charge is -2.39. The highest BCUT2D eigenvalue weighted by atomic mass is 16.3. The minimum absolute atomic E-state index is 0.114. The van der Waals surface area contributed by atoms with Crippen LogP contribution in [0.2, 0.25) is 0 Å². The number of benzene rings is 2. The number of amides is 3. The van der Waals surface area contributed by atoms with Crippen LogP contribution in [0.5, 0.6) is 0 Å². The van der Waals surface area contributed by atoms with E-state index < -0.39 is 11.5 Å². The molecule has 0 aliphatic carbocycles. The molecule has 0 saturated carbocycles. The van der Waals surface area contributed by atoms with Gasteiger partial charge in [0, 0.05) is 29.6 Å². The number of hydrogen-bond acceptors (Lipinski definition) is 5. The summed E-state index contributed by atoms with van der Waals surface area (Å²) in [4.78, 5) is 51.5.